The summed E-state index contributed by atoms with van der Waals surface area (Å²) in [6.07, 6.45) is 3.73. The van der Waals surface area contributed by atoms with E-state index >= 15 is 0 Å². The minimum absolute atomic E-state index is 0.224. The molecule has 2 rings (SSSR count). The van der Waals surface area contributed by atoms with E-state index in [1.807, 2.05) is 13.8 Å². The molecule has 1 aliphatic rings. The third kappa shape index (κ3) is 3.54. The predicted molar refractivity (Wildman–Crippen MR) is 83.1 cm³/mol. The highest BCUT2D eigenvalue weighted by Gasteiger charge is 2.46. The summed E-state index contributed by atoms with van der Waals surface area (Å²) < 4.78 is 6.24. The number of aryl methyl sites for hydroxylation is 1. The van der Waals surface area contributed by atoms with Crippen LogP contribution in [0.2, 0.25) is 0 Å². The third-order valence-corrected chi connectivity index (χ3v) is 5.99. The lowest BCUT2D eigenvalue weighted by Gasteiger charge is -2.28. The number of hydrogen-bond donors (Lipinski definition) is 1. The highest BCUT2D eigenvalue weighted by molar-refractivity contribution is 8.01. The zero-order valence-corrected chi connectivity index (χ0v) is 13.7. The molecular formula is C14H22N2O2S2. The van der Waals surface area contributed by atoms with Crippen molar-refractivity contribution in [3.63, 3.8) is 0 Å². The normalized spacial score (nSPS) is 25.9. The van der Waals surface area contributed by atoms with Crippen molar-refractivity contribution in [2.45, 2.75) is 49.4 Å². The molecule has 1 aromatic rings. The Labute approximate surface area is 128 Å². The summed E-state index contributed by atoms with van der Waals surface area (Å²) in [5.41, 5.74) is 6.62. The Kier molecular flexibility index (Phi) is 5.46. The molecule has 0 radical (unpaired) electrons. The molecule has 0 aliphatic heterocycles. The molecule has 1 fully saturated rings. The predicted octanol–water partition coefficient (Wildman–Crippen LogP) is 2.99. The number of hydrogen-bond acceptors (Lipinski definition) is 6. The molecule has 0 spiro atoms. The molecule has 1 heterocycles. The van der Waals surface area contributed by atoms with E-state index in [0.717, 1.165) is 41.5 Å². The number of carbonyl (C=O) groups is 1. The molecule has 0 amide bonds. The van der Waals surface area contributed by atoms with Gasteiger partial charge in [-0.25, -0.2) is 4.98 Å². The second kappa shape index (κ2) is 6.91. The fourth-order valence-electron chi connectivity index (χ4n) is 2.73. The first-order chi connectivity index (χ1) is 9.56. The summed E-state index contributed by atoms with van der Waals surface area (Å²) in [6.45, 7) is 4.23. The zero-order valence-electron chi connectivity index (χ0n) is 12.1. The molecule has 1 saturated carbocycles. The number of aromatic nitrogens is 1. The highest BCUT2D eigenvalue weighted by atomic mass is 32.2. The van der Waals surface area contributed by atoms with E-state index in [4.69, 9.17) is 10.5 Å². The van der Waals surface area contributed by atoms with Gasteiger partial charge in [0.05, 0.1) is 6.61 Å². The first-order valence-electron chi connectivity index (χ1n) is 7.07. The van der Waals surface area contributed by atoms with Gasteiger partial charge in [0, 0.05) is 16.8 Å². The molecule has 2 N–H and O–H groups in total. The molecule has 4 nitrogen and oxygen atoms in total. The van der Waals surface area contributed by atoms with Crippen LogP contribution in [-0.2, 0) is 9.53 Å². The van der Waals surface area contributed by atoms with Gasteiger partial charge in [-0.3, -0.25) is 4.79 Å². The van der Waals surface area contributed by atoms with Crippen molar-refractivity contribution < 1.29 is 9.53 Å². The fourth-order valence-corrected chi connectivity index (χ4v) is 4.70. The van der Waals surface area contributed by atoms with Gasteiger partial charge in [-0.15, -0.1) is 11.3 Å². The number of ether oxygens (including phenoxy) is 1. The number of nitrogens with two attached hydrogens (primary N) is 1. The Hall–Kier alpha value is -0.590. The third-order valence-electron chi connectivity index (χ3n) is 3.82. The lowest BCUT2D eigenvalue weighted by molar-refractivity contribution is -0.151. The monoisotopic (exact) mass is 314 g/mol. The molecule has 6 heteroatoms. The van der Waals surface area contributed by atoms with Crippen LogP contribution in [0, 0.1) is 12.8 Å². The van der Waals surface area contributed by atoms with Crippen molar-refractivity contribution in [3.05, 3.63) is 11.1 Å². The van der Waals surface area contributed by atoms with E-state index in [2.05, 4.69) is 10.4 Å². The number of rotatable bonds is 6. The largest absolute Gasteiger partial charge is 0.465 e. The molecule has 2 unspecified atom stereocenters. The quantitative estimate of drug-likeness (QED) is 0.646. The molecule has 1 aliphatic carbocycles. The van der Waals surface area contributed by atoms with Crippen molar-refractivity contribution in [3.8, 4) is 0 Å². The van der Waals surface area contributed by atoms with Crippen LogP contribution in [0.3, 0.4) is 0 Å². The van der Waals surface area contributed by atoms with Crippen LogP contribution in [0.5, 0.6) is 0 Å². The van der Waals surface area contributed by atoms with Gasteiger partial charge < -0.3 is 10.5 Å². The van der Waals surface area contributed by atoms with Crippen molar-refractivity contribution in [1.82, 2.24) is 4.98 Å². The van der Waals surface area contributed by atoms with Gasteiger partial charge in [-0.05, 0) is 39.0 Å². The second-order valence-electron chi connectivity index (χ2n) is 5.24. The van der Waals surface area contributed by atoms with E-state index in [-0.39, 0.29) is 11.9 Å². The summed E-state index contributed by atoms with van der Waals surface area (Å²) in [4.78, 5) is 16.5. The average Bonchev–Trinajstić information content (AvgIpc) is 2.98. The van der Waals surface area contributed by atoms with Crippen LogP contribution in [0.4, 0.5) is 0 Å². The van der Waals surface area contributed by atoms with Crippen LogP contribution in [-0.4, -0.2) is 28.9 Å². The van der Waals surface area contributed by atoms with Crippen LogP contribution >= 0.6 is 23.1 Å². The van der Waals surface area contributed by atoms with Gasteiger partial charge in [0.1, 0.15) is 9.88 Å². The summed E-state index contributed by atoms with van der Waals surface area (Å²) >= 11 is 3.43. The smallest absolute Gasteiger partial charge is 0.326 e. The summed E-state index contributed by atoms with van der Waals surface area (Å²) in [7, 11) is 0. The molecular weight excluding hydrogens is 292 g/mol. The molecule has 0 aromatic carbocycles. The molecule has 20 heavy (non-hydrogen) atoms. The molecule has 112 valence electrons. The molecule has 0 saturated heterocycles. The van der Waals surface area contributed by atoms with Gasteiger partial charge in [-0.1, -0.05) is 18.2 Å². The zero-order chi connectivity index (χ0) is 14.6. The van der Waals surface area contributed by atoms with Gasteiger partial charge in [-0.2, -0.15) is 0 Å². The number of thiazole rings is 1. The van der Waals surface area contributed by atoms with E-state index in [0.29, 0.717) is 6.61 Å². The number of esters is 1. The summed E-state index contributed by atoms with van der Waals surface area (Å²) in [5, 5.41) is 2.06. The Morgan fingerprint density at radius 2 is 2.50 bits per heavy atom. The minimum Gasteiger partial charge on any atom is -0.465 e. The van der Waals surface area contributed by atoms with Gasteiger partial charge in [0.2, 0.25) is 0 Å². The summed E-state index contributed by atoms with van der Waals surface area (Å²) in [5.74, 6) is 0.961. The van der Waals surface area contributed by atoms with E-state index in [1.54, 1.807) is 23.1 Å². The van der Waals surface area contributed by atoms with Crippen LogP contribution < -0.4 is 5.73 Å². The average molecular weight is 314 g/mol. The topological polar surface area (TPSA) is 65.2 Å². The lowest BCUT2D eigenvalue weighted by Crippen LogP contribution is -2.52. The maximum absolute atomic E-state index is 12.0. The first kappa shape index (κ1) is 15.8. The molecule has 1 aromatic heterocycles. The Morgan fingerprint density at radius 3 is 3.15 bits per heavy atom. The molecule has 0 bridgehead atoms. The van der Waals surface area contributed by atoms with Crippen LogP contribution in [0.25, 0.3) is 0 Å². The minimum atomic E-state index is -0.768. The van der Waals surface area contributed by atoms with E-state index < -0.39 is 5.54 Å². The SMILES string of the molecule is CCOC(=O)C1(N)CCCC1CCSc1nc(C)cs1. The van der Waals surface area contributed by atoms with Crippen LogP contribution in [0.1, 0.15) is 38.3 Å². The number of carbonyl (C=O) groups excluding carboxylic acids is 1. The van der Waals surface area contributed by atoms with Crippen molar-refractivity contribution in [1.29, 1.82) is 0 Å². The van der Waals surface area contributed by atoms with E-state index in [1.165, 1.54) is 0 Å². The van der Waals surface area contributed by atoms with Crippen molar-refractivity contribution in [2.75, 3.05) is 12.4 Å². The highest BCUT2D eigenvalue weighted by Crippen LogP contribution is 2.38. The maximum Gasteiger partial charge on any atom is 0.326 e. The van der Waals surface area contributed by atoms with E-state index in [9.17, 15) is 4.79 Å². The Morgan fingerprint density at radius 1 is 1.70 bits per heavy atom. The fraction of sp³-hybridized carbons (Fsp3) is 0.714. The standard InChI is InChI=1S/C14H22N2O2S2/c1-3-18-12(17)14(15)7-4-5-11(14)6-8-19-13-16-10(2)9-20-13/h9,11H,3-8,15H2,1-2H3. The van der Waals surface area contributed by atoms with Gasteiger partial charge in [0.15, 0.2) is 0 Å². The van der Waals surface area contributed by atoms with Crippen molar-refractivity contribution in [2.24, 2.45) is 11.7 Å². The summed E-state index contributed by atoms with van der Waals surface area (Å²) in [6, 6.07) is 0. The number of nitrogens with zero attached hydrogens (tertiary/aromatic N) is 1. The Balaban J connectivity index is 1.86. The lowest BCUT2D eigenvalue weighted by atomic mass is 9.86. The first-order valence-corrected chi connectivity index (χ1v) is 8.94. The van der Waals surface area contributed by atoms with Crippen LogP contribution in [0.15, 0.2) is 9.72 Å². The molecule has 2 atom stereocenters. The van der Waals surface area contributed by atoms with Gasteiger partial charge >= 0.3 is 5.97 Å². The second-order valence-corrected chi connectivity index (χ2v) is 7.44. The van der Waals surface area contributed by atoms with Gasteiger partial charge in [0.25, 0.3) is 0 Å². The Bertz CT molecular complexity index is 464. The maximum atomic E-state index is 12.0. The number of thioether (sulfide) groups is 1. The van der Waals surface area contributed by atoms with Crippen molar-refractivity contribution >= 4 is 29.1 Å².